The molecule has 2 aromatic rings. The van der Waals surface area contributed by atoms with E-state index in [9.17, 15) is 14.4 Å². The predicted octanol–water partition coefficient (Wildman–Crippen LogP) is 2.48. The highest BCUT2D eigenvalue weighted by Crippen LogP contribution is 2.16. The van der Waals surface area contributed by atoms with E-state index >= 15 is 0 Å². The van der Waals surface area contributed by atoms with Crippen LogP contribution in [0.2, 0.25) is 0 Å². The van der Waals surface area contributed by atoms with Gasteiger partial charge in [0.2, 0.25) is 0 Å². The Bertz CT molecular complexity index is 672. The smallest absolute Gasteiger partial charge is 0.339 e. The molecule has 23 heavy (non-hydrogen) atoms. The lowest BCUT2D eigenvalue weighted by Crippen LogP contribution is -1.99. The van der Waals surface area contributed by atoms with Gasteiger partial charge < -0.3 is 20.1 Å². The zero-order valence-electron chi connectivity index (χ0n) is 12.1. The van der Waals surface area contributed by atoms with E-state index in [0.717, 1.165) is 0 Å². The second-order valence-corrected chi connectivity index (χ2v) is 4.19. The van der Waals surface area contributed by atoms with Crippen LogP contribution in [0.25, 0.3) is 0 Å². The van der Waals surface area contributed by atoms with Gasteiger partial charge in [0.1, 0.15) is 11.3 Å². The molecule has 0 saturated heterocycles. The number of rotatable bonds is 4. The summed E-state index contributed by atoms with van der Waals surface area (Å²) in [6.07, 6.45) is 0. The van der Waals surface area contributed by atoms with Crippen molar-refractivity contribution in [1.82, 2.24) is 0 Å². The SMILES string of the molecule is COc1ccccc1C(=O)O.O=C(O)c1ccc(C(=O)O)cc1. The molecule has 7 heteroatoms. The summed E-state index contributed by atoms with van der Waals surface area (Å²) >= 11 is 0. The van der Waals surface area contributed by atoms with Crippen molar-refractivity contribution in [3.05, 3.63) is 65.2 Å². The minimum atomic E-state index is -1.06. The third kappa shape index (κ3) is 5.16. The molecule has 0 spiro atoms. The summed E-state index contributed by atoms with van der Waals surface area (Å²) in [6.45, 7) is 0. The van der Waals surface area contributed by atoms with Gasteiger partial charge in [-0.1, -0.05) is 12.1 Å². The number of benzene rings is 2. The third-order valence-corrected chi connectivity index (χ3v) is 2.72. The van der Waals surface area contributed by atoms with E-state index in [1.54, 1.807) is 18.2 Å². The third-order valence-electron chi connectivity index (χ3n) is 2.72. The first-order valence-corrected chi connectivity index (χ1v) is 6.29. The molecule has 0 amide bonds. The second-order valence-electron chi connectivity index (χ2n) is 4.19. The largest absolute Gasteiger partial charge is 0.496 e. The van der Waals surface area contributed by atoms with E-state index in [0.29, 0.717) is 5.75 Å². The second kappa shape index (κ2) is 8.18. The van der Waals surface area contributed by atoms with Gasteiger partial charge in [-0.15, -0.1) is 0 Å². The highest BCUT2D eigenvalue weighted by Gasteiger charge is 2.07. The molecule has 0 saturated carbocycles. The van der Waals surface area contributed by atoms with Crippen LogP contribution in [0.3, 0.4) is 0 Å². The van der Waals surface area contributed by atoms with E-state index in [2.05, 4.69) is 0 Å². The Kier molecular flexibility index (Phi) is 6.30. The zero-order chi connectivity index (χ0) is 17.4. The lowest BCUT2D eigenvalue weighted by atomic mass is 10.1. The van der Waals surface area contributed by atoms with E-state index < -0.39 is 17.9 Å². The Morgan fingerprint density at radius 2 is 1.17 bits per heavy atom. The van der Waals surface area contributed by atoms with Crippen LogP contribution in [-0.2, 0) is 0 Å². The Labute approximate surface area is 131 Å². The number of hydrogen-bond donors (Lipinski definition) is 3. The monoisotopic (exact) mass is 318 g/mol. The van der Waals surface area contributed by atoms with Crippen LogP contribution in [0, 0.1) is 0 Å². The number of methoxy groups -OCH3 is 1. The molecule has 7 nitrogen and oxygen atoms in total. The topological polar surface area (TPSA) is 121 Å². The van der Waals surface area contributed by atoms with E-state index in [1.165, 1.54) is 37.4 Å². The first-order valence-electron chi connectivity index (χ1n) is 6.29. The number of ether oxygens (including phenoxy) is 1. The summed E-state index contributed by atoms with van der Waals surface area (Å²) in [4.78, 5) is 31.2. The van der Waals surface area contributed by atoms with Gasteiger partial charge in [-0.2, -0.15) is 0 Å². The summed E-state index contributed by atoms with van der Waals surface area (Å²) < 4.78 is 4.83. The average Bonchev–Trinajstić information content (AvgIpc) is 2.55. The zero-order valence-corrected chi connectivity index (χ0v) is 12.1. The number of aromatic carboxylic acids is 3. The fourth-order valence-corrected chi connectivity index (χ4v) is 1.58. The Morgan fingerprint density at radius 1 is 0.739 bits per heavy atom. The fourth-order valence-electron chi connectivity index (χ4n) is 1.58. The standard InChI is InChI=1S/C8H6O4.C8H8O3/c9-7(10)5-1-2-6(4-3-5)8(11)12;1-11-7-5-3-2-4-6(7)8(9)10/h1-4H,(H,9,10)(H,11,12);2-5H,1H3,(H,9,10). The molecule has 2 aromatic carbocycles. The maximum atomic E-state index is 10.5. The molecule has 0 heterocycles. The molecule has 0 fully saturated rings. The number of carboxylic acids is 3. The summed E-state index contributed by atoms with van der Waals surface area (Å²) in [5, 5.41) is 25.6. The summed E-state index contributed by atoms with van der Waals surface area (Å²) in [5.41, 5.74) is 0.356. The van der Waals surface area contributed by atoms with Gasteiger partial charge in [0, 0.05) is 0 Å². The van der Waals surface area contributed by atoms with Crippen molar-refractivity contribution in [2.45, 2.75) is 0 Å². The van der Waals surface area contributed by atoms with Crippen molar-refractivity contribution >= 4 is 17.9 Å². The molecule has 0 bridgehead atoms. The first-order chi connectivity index (χ1) is 10.9. The number of carboxylic acid groups (broad SMARTS) is 3. The van der Waals surface area contributed by atoms with Crippen molar-refractivity contribution in [2.75, 3.05) is 7.11 Å². The van der Waals surface area contributed by atoms with Gasteiger partial charge in [-0.25, -0.2) is 14.4 Å². The minimum absolute atomic E-state index is 0.0833. The van der Waals surface area contributed by atoms with Crippen molar-refractivity contribution in [2.24, 2.45) is 0 Å². The molecule has 0 aliphatic rings. The average molecular weight is 318 g/mol. The van der Waals surface area contributed by atoms with Gasteiger partial charge in [0.05, 0.1) is 18.2 Å². The van der Waals surface area contributed by atoms with Crippen molar-refractivity contribution in [3.63, 3.8) is 0 Å². The fraction of sp³-hybridized carbons (Fsp3) is 0.0625. The van der Waals surface area contributed by atoms with Crippen LogP contribution in [0.4, 0.5) is 0 Å². The van der Waals surface area contributed by atoms with Crippen molar-refractivity contribution < 1.29 is 34.4 Å². The first kappa shape index (κ1) is 17.7. The molecule has 3 N–H and O–H groups in total. The van der Waals surface area contributed by atoms with Crippen LogP contribution in [0.5, 0.6) is 5.75 Å². The Balaban J connectivity index is 0.000000231. The van der Waals surface area contributed by atoms with Gasteiger partial charge in [-0.05, 0) is 36.4 Å². The van der Waals surface area contributed by atoms with Crippen LogP contribution in [0.15, 0.2) is 48.5 Å². The van der Waals surface area contributed by atoms with E-state index in [4.69, 9.17) is 20.1 Å². The minimum Gasteiger partial charge on any atom is -0.496 e. The van der Waals surface area contributed by atoms with Gasteiger partial charge >= 0.3 is 17.9 Å². The Hall–Kier alpha value is -3.35. The summed E-state index contributed by atoms with van der Waals surface area (Å²) in [7, 11) is 1.45. The van der Waals surface area contributed by atoms with E-state index in [1.807, 2.05) is 0 Å². The molecule has 0 aliphatic carbocycles. The lowest BCUT2D eigenvalue weighted by molar-refractivity contribution is 0.0681. The molecular formula is C16H14O7. The van der Waals surface area contributed by atoms with Gasteiger partial charge in [0.25, 0.3) is 0 Å². The molecule has 0 atom stereocenters. The number of carbonyl (C=O) groups is 3. The molecule has 0 aliphatic heterocycles. The van der Waals surface area contributed by atoms with Crippen molar-refractivity contribution in [3.8, 4) is 5.75 Å². The van der Waals surface area contributed by atoms with E-state index in [-0.39, 0.29) is 16.7 Å². The lowest BCUT2D eigenvalue weighted by Gasteiger charge is -2.01. The normalized spacial score (nSPS) is 9.26. The molecule has 2 rings (SSSR count). The van der Waals surface area contributed by atoms with Crippen LogP contribution in [-0.4, -0.2) is 40.3 Å². The quantitative estimate of drug-likeness (QED) is 0.791. The molecular weight excluding hydrogens is 304 g/mol. The van der Waals surface area contributed by atoms with Crippen molar-refractivity contribution in [1.29, 1.82) is 0 Å². The van der Waals surface area contributed by atoms with Crippen LogP contribution < -0.4 is 4.74 Å². The number of para-hydroxylation sites is 1. The Morgan fingerprint density at radius 3 is 1.48 bits per heavy atom. The maximum absolute atomic E-state index is 10.5. The molecule has 120 valence electrons. The molecule has 0 unspecified atom stereocenters. The maximum Gasteiger partial charge on any atom is 0.339 e. The van der Waals surface area contributed by atoms with Gasteiger partial charge in [-0.3, -0.25) is 0 Å². The summed E-state index contributed by atoms with van der Waals surface area (Å²) in [5.74, 6) is -2.71. The highest BCUT2D eigenvalue weighted by molar-refractivity contribution is 5.91. The molecule has 0 radical (unpaired) electrons. The predicted molar refractivity (Wildman–Crippen MR) is 80.3 cm³/mol. The highest BCUT2D eigenvalue weighted by atomic mass is 16.5. The summed E-state index contributed by atoms with van der Waals surface area (Å²) in [6, 6.07) is 11.5. The number of hydrogen-bond acceptors (Lipinski definition) is 4. The molecule has 0 aromatic heterocycles. The van der Waals surface area contributed by atoms with Crippen LogP contribution in [0.1, 0.15) is 31.1 Å². The van der Waals surface area contributed by atoms with Crippen LogP contribution >= 0.6 is 0 Å². The van der Waals surface area contributed by atoms with Gasteiger partial charge in [0.15, 0.2) is 0 Å².